The normalized spacial score (nSPS) is 15.7. The minimum absolute atomic E-state index is 0.108. The van der Waals surface area contributed by atoms with Crippen molar-refractivity contribution in [3.63, 3.8) is 0 Å². The van der Waals surface area contributed by atoms with E-state index < -0.39 is 11.8 Å². The van der Waals surface area contributed by atoms with Crippen molar-refractivity contribution in [2.75, 3.05) is 0 Å². The van der Waals surface area contributed by atoms with E-state index in [4.69, 9.17) is 28.9 Å². The molecule has 3 aromatic rings. The Balaban J connectivity index is 2.19. The maximum absolute atomic E-state index is 13.4. The molecule has 1 heterocycles. The minimum atomic E-state index is -1.27. The number of hydrogen-bond acceptors (Lipinski definition) is 3. The van der Waals surface area contributed by atoms with Gasteiger partial charge in [-0.3, -0.25) is 9.59 Å². The molecule has 0 fully saturated rings. The molecule has 1 aromatic heterocycles. The monoisotopic (exact) mass is 465 g/mol. The summed E-state index contributed by atoms with van der Waals surface area (Å²) in [5, 5.41) is 10.6. The number of nitrogens with zero attached hydrogens (tertiary/aromatic N) is 2. The first-order chi connectivity index (χ1) is 15.1. The molecule has 1 aliphatic rings. The number of nitrogens with two attached hydrogens (primary N) is 1. The van der Waals surface area contributed by atoms with Gasteiger partial charge in [-0.1, -0.05) is 67.4 Å². The number of carbonyl (C=O) groups is 2. The number of Topliss-reactive ketones (excluding diaryl/α,β-unsaturated/α-hetero) is 1. The first-order valence-corrected chi connectivity index (χ1v) is 10.9. The summed E-state index contributed by atoms with van der Waals surface area (Å²) in [6.07, 6.45) is 0.884. The summed E-state index contributed by atoms with van der Waals surface area (Å²) in [7, 11) is 0. The van der Waals surface area contributed by atoms with Crippen LogP contribution in [0, 0.1) is 16.7 Å². The third kappa shape index (κ3) is 3.70. The van der Waals surface area contributed by atoms with Crippen molar-refractivity contribution >= 4 is 34.9 Å². The predicted octanol–water partition coefficient (Wildman–Crippen LogP) is 5.70. The van der Waals surface area contributed by atoms with Crippen molar-refractivity contribution in [2.24, 2.45) is 11.1 Å². The highest BCUT2D eigenvalue weighted by Gasteiger charge is 2.41. The van der Waals surface area contributed by atoms with Crippen LogP contribution < -0.4 is 5.73 Å². The smallest absolute Gasteiger partial charge is 0.239 e. The van der Waals surface area contributed by atoms with Gasteiger partial charge < -0.3 is 10.3 Å². The summed E-state index contributed by atoms with van der Waals surface area (Å²) < 4.78 is 1.92. The molecule has 0 spiro atoms. The molecule has 0 saturated carbocycles. The SMILES string of the molecule is CC1(C)CC(=O)c2c(C(C#N)C(N)=O)c(-c3ccccc3)n(-c3ccc(Cl)c(Cl)c3)c2C1. The maximum Gasteiger partial charge on any atom is 0.239 e. The molecule has 1 amide bonds. The van der Waals surface area contributed by atoms with Gasteiger partial charge in [-0.25, -0.2) is 0 Å². The summed E-state index contributed by atoms with van der Waals surface area (Å²) in [4.78, 5) is 25.7. The number of aromatic nitrogens is 1. The van der Waals surface area contributed by atoms with Crippen LogP contribution in [0.1, 0.15) is 47.8 Å². The van der Waals surface area contributed by atoms with E-state index in [1.165, 1.54) is 0 Å². The quantitative estimate of drug-likeness (QED) is 0.535. The van der Waals surface area contributed by atoms with E-state index in [0.29, 0.717) is 45.4 Å². The third-order valence-electron chi connectivity index (χ3n) is 5.78. The van der Waals surface area contributed by atoms with E-state index in [1.807, 2.05) is 60.9 Å². The molecule has 1 atom stereocenters. The second-order valence-electron chi connectivity index (χ2n) is 8.79. The Kier molecular flexibility index (Phi) is 5.62. The van der Waals surface area contributed by atoms with Gasteiger partial charge in [0.15, 0.2) is 11.7 Å². The summed E-state index contributed by atoms with van der Waals surface area (Å²) in [5.74, 6) is -2.17. The molecule has 1 unspecified atom stereocenters. The van der Waals surface area contributed by atoms with Crippen LogP contribution in [0.25, 0.3) is 16.9 Å². The van der Waals surface area contributed by atoms with Crippen molar-refractivity contribution < 1.29 is 9.59 Å². The second kappa shape index (κ2) is 8.12. The number of primary amides is 1. The van der Waals surface area contributed by atoms with E-state index in [2.05, 4.69) is 0 Å². The molecule has 0 saturated heterocycles. The lowest BCUT2D eigenvalue weighted by molar-refractivity contribution is -0.118. The molecule has 4 rings (SSSR count). The van der Waals surface area contributed by atoms with Crippen molar-refractivity contribution in [3.05, 3.63) is 75.4 Å². The first-order valence-electron chi connectivity index (χ1n) is 10.1. The van der Waals surface area contributed by atoms with Crippen LogP contribution in [0.4, 0.5) is 0 Å². The molecular formula is C25H21Cl2N3O2. The van der Waals surface area contributed by atoms with Gasteiger partial charge in [0.25, 0.3) is 0 Å². The van der Waals surface area contributed by atoms with Crippen molar-refractivity contribution in [1.29, 1.82) is 5.26 Å². The molecular weight excluding hydrogens is 445 g/mol. The number of amides is 1. The predicted molar refractivity (Wildman–Crippen MR) is 125 cm³/mol. The molecule has 162 valence electrons. The Morgan fingerprint density at radius 2 is 1.81 bits per heavy atom. The Bertz CT molecular complexity index is 1290. The van der Waals surface area contributed by atoms with Gasteiger partial charge in [-0.15, -0.1) is 0 Å². The van der Waals surface area contributed by atoms with Gasteiger partial charge in [0, 0.05) is 28.9 Å². The standard InChI is InChI=1S/C25H21Cl2N3O2/c1-25(2)11-19-22(20(31)12-25)21(16(13-28)24(29)32)23(14-6-4-3-5-7-14)30(19)15-8-9-17(26)18(27)10-15/h3-10,16H,11-12H2,1-2H3,(H2,29,32). The lowest BCUT2D eigenvalue weighted by atomic mass is 9.74. The number of halogens is 2. The van der Waals surface area contributed by atoms with Crippen LogP contribution in [0.3, 0.4) is 0 Å². The van der Waals surface area contributed by atoms with Crippen LogP contribution in [-0.4, -0.2) is 16.3 Å². The van der Waals surface area contributed by atoms with Gasteiger partial charge in [-0.2, -0.15) is 5.26 Å². The zero-order valence-corrected chi connectivity index (χ0v) is 19.2. The highest BCUT2D eigenvalue weighted by molar-refractivity contribution is 6.42. The van der Waals surface area contributed by atoms with Gasteiger partial charge in [-0.05, 0) is 35.6 Å². The molecule has 32 heavy (non-hydrogen) atoms. The first kappa shape index (κ1) is 22.1. The summed E-state index contributed by atoms with van der Waals surface area (Å²) in [5.41, 5.74) is 8.86. The fraction of sp³-hybridized carbons (Fsp3) is 0.240. The topological polar surface area (TPSA) is 88.9 Å². The van der Waals surface area contributed by atoms with Gasteiger partial charge in [0.1, 0.15) is 0 Å². The maximum atomic E-state index is 13.4. The Labute approximate surface area is 196 Å². The fourth-order valence-corrected chi connectivity index (χ4v) is 4.79. The van der Waals surface area contributed by atoms with Crippen molar-refractivity contribution in [3.8, 4) is 23.0 Å². The van der Waals surface area contributed by atoms with Gasteiger partial charge in [0.2, 0.25) is 5.91 Å². The zero-order chi connectivity index (χ0) is 23.2. The van der Waals surface area contributed by atoms with Crippen LogP contribution in [0.2, 0.25) is 10.0 Å². The van der Waals surface area contributed by atoms with Crippen LogP contribution in [-0.2, 0) is 11.2 Å². The largest absolute Gasteiger partial charge is 0.368 e. The Hall–Kier alpha value is -3.07. The van der Waals surface area contributed by atoms with Crippen LogP contribution in [0.15, 0.2) is 48.5 Å². The highest BCUT2D eigenvalue weighted by Crippen LogP contribution is 2.46. The molecule has 7 heteroatoms. The average molecular weight is 466 g/mol. The summed E-state index contributed by atoms with van der Waals surface area (Å²) in [6, 6.07) is 16.6. The summed E-state index contributed by atoms with van der Waals surface area (Å²) in [6.45, 7) is 4.05. The zero-order valence-electron chi connectivity index (χ0n) is 17.7. The van der Waals surface area contributed by atoms with Gasteiger partial charge >= 0.3 is 0 Å². The number of carbonyl (C=O) groups excluding carboxylic acids is 2. The second-order valence-corrected chi connectivity index (χ2v) is 9.60. The van der Waals surface area contributed by atoms with Gasteiger partial charge in [0.05, 0.1) is 21.8 Å². The number of ketones is 1. The molecule has 2 N–H and O–H groups in total. The lowest BCUT2D eigenvalue weighted by Crippen LogP contribution is -2.29. The van der Waals surface area contributed by atoms with E-state index in [1.54, 1.807) is 12.1 Å². The number of benzene rings is 2. The van der Waals surface area contributed by atoms with E-state index in [0.717, 1.165) is 11.3 Å². The van der Waals surface area contributed by atoms with Crippen LogP contribution >= 0.6 is 23.2 Å². The number of hydrogen-bond donors (Lipinski definition) is 1. The molecule has 5 nitrogen and oxygen atoms in total. The number of rotatable bonds is 4. The Morgan fingerprint density at radius 3 is 2.41 bits per heavy atom. The van der Waals surface area contributed by atoms with Crippen LogP contribution in [0.5, 0.6) is 0 Å². The Morgan fingerprint density at radius 1 is 1.12 bits per heavy atom. The van der Waals surface area contributed by atoms with E-state index >= 15 is 0 Å². The minimum Gasteiger partial charge on any atom is -0.368 e. The average Bonchev–Trinajstić information content (AvgIpc) is 3.04. The van der Waals surface area contributed by atoms with Crippen molar-refractivity contribution in [2.45, 2.75) is 32.6 Å². The molecule has 0 bridgehead atoms. The molecule has 1 aliphatic carbocycles. The van der Waals surface area contributed by atoms with Crippen molar-refractivity contribution in [1.82, 2.24) is 4.57 Å². The lowest BCUT2D eigenvalue weighted by Gasteiger charge is -2.30. The summed E-state index contributed by atoms with van der Waals surface area (Å²) >= 11 is 12.5. The molecule has 0 radical (unpaired) electrons. The third-order valence-corrected chi connectivity index (χ3v) is 6.52. The molecule has 2 aromatic carbocycles. The van der Waals surface area contributed by atoms with E-state index in [-0.39, 0.29) is 11.2 Å². The van der Waals surface area contributed by atoms with E-state index in [9.17, 15) is 14.9 Å². The molecule has 0 aliphatic heterocycles. The highest BCUT2D eigenvalue weighted by atomic mass is 35.5. The number of nitriles is 1. The number of fused-ring (bicyclic) bond motifs is 1. The fourth-order valence-electron chi connectivity index (χ4n) is 4.50.